The summed E-state index contributed by atoms with van der Waals surface area (Å²) in [6.07, 6.45) is 1.13. The number of halogens is 1. The van der Waals surface area contributed by atoms with Crippen molar-refractivity contribution in [3.8, 4) is 0 Å². The van der Waals surface area contributed by atoms with Crippen LogP contribution in [0, 0.1) is 0 Å². The molecule has 88 valence electrons. The number of aryl methyl sites for hydroxylation is 1. The lowest BCUT2D eigenvalue weighted by Crippen LogP contribution is -2.28. The maximum atomic E-state index is 13.2. The van der Waals surface area contributed by atoms with Crippen molar-refractivity contribution < 1.29 is 8.94 Å². The van der Waals surface area contributed by atoms with Crippen molar-refractivity contribution in [2.45, 2.75) is 25.1 Å². The number of nitrogens with one attached hydrogen (secondary N) is 1. The quantitative estimate of drug-likeness (QED) is 0.777. The summed E-state index contributed by atoms with van der Waals surface area (Å²) in [6, 6.07) is 8.58. The van der Waals surface area contributed by atoms with E-state index in [-0.39, 0.29) is 11.8 Å². The molecule has 0 aliphatic heterocycles. The lowest BCUT2D eigenvalue weighted by atomic mass is 10.1. The summed E-state index contributed by atoms with van der Waals surface area (Å²) >= 11 is 0.563. The van der Waals surface area contributed by atoms with Crippen LogP contribution in [0.3, 0.4) is 0 Å². The summed E-state index contributed by atoms with van der Waals surface area (Å²) in [5.74, 6) is 0.140. The van der Waals surface area contributed by atoms with E-state index in [9.17, 15) is 4.39 Å². The molecule has 4 heteroatoms. The molecule has 2 nitrogen and oxygen atoms in total. The van der Waals surface area contributed by atoms with E-state index >= 15 is 0 Å². The van der Waals surface area contributed by atoms with Crippen LogP contribution in [0.4, 0.5) is 4.39 Å². The van der Waals surface area contributed by atoms with E-state index in [2.05, 4.69) is 17.4 Å². The molecule has 0 fully saturated rings. The monoisotopic (exact) mass is 241 g/mol. The molecule has 16 heavy (non-hydrogen) atoms. The Morgan fingerprint density at radius 1 is 1.50 bits per heavy atom. The Balaban J connectivity index is 1.88. The van der Waals surface area contributed by atoms with Crippen molar-refractivity contribution in [2.75, 3.05) is 12.3 Å². The van der Waals surface area contributed by atoms with Gasteiger partial charge >= 0.3 is 0 Å². The van der Waals surface area contributed by atoms with Gasteiger partial charge < -0.3 is 9.87 Å². The molecule has 0 aromatic heterocycles. The number of hydrogen-bond donors (Lipinski definition) is 2. The molecule has 0 spiro atoms. The fourth-order valence-electron chi connectivity index (χ4n) is 2.18. The SMILES string of the molecule is OSC[C@H](F)CNC1CCc2ccccc21. The summed E-state index contributed by atoms with van der Waals surface area (Å²) in [5.41, 5.74) is 2.67. The van der Waals surface area contributed by atoms with Gasteiger partial charge in [-0.1, -0.05) is 24.3 Å². The Morgan fingerprint density at radius 3 is 3.12 bits per heavy atom. The number of benzene rings is 1. The van der Waals surface area contributed by atoms with Crippen LogP contribution < -0.4 is 5.32 Å². The molecule has 0 saturated heterocycles. The highest BCUT2D eigenvalue weighted by atomic mass is 32.2. The molecular formula is C12H16FNOS. The van der Waals surface area contributed by atoms with Gasteiger partial charge in [0.2, 0.25) is 0 Å². The van der Waals surface area contributed by atoms with E-state index in [1.54, 1.807) is 0 Å². The van der Waals surface area contributed by atoms with Crippen LogP contribution in [0.25, 0.3) is 0 Å². The van der Waals surface area contributed by atoms with Crippen LogP contribution >= 0.6 is 12.0 Å². The van der Waals surface area contributed by atoms with Gasteiger partial charge in [-0.05, 0) is 36.0 Å². The zero-order chi connectivity index (χ0) is 11.4. The van der Waals surface area contributed by atoms with Crippen LogP contribution in [0.5, 0.6) is 0 Å². The Bertz CT molecular complexity index is 348. The second-order valence-corrected chi connectivity index (χ2v) is 4.68. The van der Waals surface area contributed by atoms with Gasteiger partial charge in [0.1, 0.15) is 6.17 Å². The molecular weight excluding hydrogens is 225 g/mol. The third kappa shape index (κ3) is 2.75. The second-order valence-electron chi connectivity index (χ2n) is 4.09. The van der Waals surface area contributed by atoms with Crippen molar-refractivity contribution in [3.63, 3.8) is 0 Å². The first kappa shape index (κ1) is 11.9. The van der Waals surface area contributed by atoms with Gasteiger partial charge in [0.15, 0.2) is 0 Å². The minimum atomic E-state index is -0.984. The number of alkyl halides is 1. The first-order valence-electron chi connectivity index (χ1n) is 5.53. The van der Waals surface area contributed by atoms with Crippen molar-refractivity contribution in [3.05, 3.63) is 35.4 Å². The van der Waals surface area contributed by atoms with Gasteiger partial charge in [0.25, 0.3) is 0 Å². The number of rotatable bonds is 5. The topological polar surface area (TPSA) is 32.3 Å². The highest BCUT2D eigenvalue weighted by molar-refractivity contribution is 7.93. The van der Waals surface area contributed by atoms with E-state index in [4.69, 9.17) is 4.55 Å². The minimum absolute atomic E-state index is 0.140. The van der Waals surface area contributed by atoms with Crippen LogP contribution in [0.1, 0.15) is 23.6 Å². The van der Waals surface area contributed by atoms with Crippen molar-refractivity contribution in [1.82, 2.24) is 5.32 Å². The molecule has 0 heterocycles. The van der Waals surface area contributed by atoms with E-state index in [0.29, 0.717) is 18.6 Å². The van der Waals surface area contributed by atoms with Gasteiger partial charge in [-0.3, -0.25) is 0 Å². The predicted molar refractivity (Wildman–Crippen MR) is 65.5 cm³/mol. The Morgan fingerprint density at radius 2 is 2.31 bits per heavy atom. The van der Waals surface area contributed by atoms with Crippen molar-refractivity contribution in [1.29, 1.82) is 0 Å². The molecule has 2 rings (SSSR count). The normalized spacial score (nSPS) is 20.8. The Kier molecular flexibility index (Phi) is 4.21. The van der Waals surface area contributed by atoms with Gasteiger partial charge in [-0.15, -0.1) is 0 Å². The molecule has 1 aliphatic rings. The van der Waals surface area contributed by atoms with Gasteiger partial charge in [-0.2, -0.15) is 0 Å². The Labute approximate surface area is 99.5 Å². The molecule has 0 radical (unpaired) electrons. The standard InChI is InChI=1S/C12H16FNOS/c13-10(8-16-15)7-14-12-6-5-9-3-1-2-4-11(9)12/h1-4,10,12,14-15H,5-8H2/t10-,12?/m1/s1. The highest BCUT2D eigenvalue weighted by Gasteiger charge is 2.22. The first-order chi connectivity index (χ1) is 7.81. The zero-order valence-corrected chi connectivity index (χ0v) is 9.84. The molecule has 0 saturated carbocycles. The molecule has 1 aromatic carbocycles. The molecule has 1 aliphatic carbocycles. The number of fused-ring (bicyclic) bond motifs is 1. The maximum absolute atomic E-state index is 13.2. The fraction of sp³-hybridized carbons (Fsp3) is 0.500. The molecule has 2 atom stereocenters. The smallest absolute Gasteiger partial charge is 0.124 e. The summed E-state index contributed by atoms with van der Waals surface area (Å²) < 4.78 is 21.7. The van der Waals surface area contributed by atoms with Crippen molar-refractivity contribution in [2.24, 2.45) is 0 Å². The van der Waals surface area contributed by atoms with Crippen LogP contribution in [0.15, 0.2) is 24.3 Å². The number of hydrogen-bond acceptors (Lipinski definition) is 3. The molecule has 2 N–H and O–H groups in total. The van der Waals surface area contributed by atoms with Gasteiger partial charge in [0, 0.05) is 12.6 Å². The lowest BCUT2D eigenvalue weighted by Gasteiger charge is -2.15. The molecule has 0 bridgehead atoms. The highest BCUT2D eigenvalue weighted by Crippen LogP contribution is 2.30. The van der Waals surface area contributed by atoms with E-state index in [1.807, 2.05) is 12.1 Å². The first-order valence-corrected chi connectivity index (χ1v) is 6.47. The summed E-state index contributed by atoms with van der Waals surface area (Å²) in [4.78, 5) is 0. The van der Waals surface area contributed by atoms with Crippen molar-refractivity contribution >= 4 is 12.0 Å². The molecule has 1 aromatic rings. The molecule has 0 amide bonds. The fourth-order valence-corrected chi connectivity index (χ4v) is 2.46. The van der Waals surface area contributed by atoms with Gasteiger partial charge in [0.05, 0.1) is 5.75 Å². The summed E-state index contributed by atoms with van der Waals surface area (Å²) in [7, 11) is 0. The maximum Gasteiger partial charge on any atom is 0.124 e. The Hall–Kier alpha value is -0.580. The third-order valence-electron chi connectivity index (χ3n) is 2.97. The van der Waals surface area contributed by atoms with E-state index in [1.165, 1.54) is 11.1 Å². The summed E-state index contributed by atoms with van der Waals surface area (Å²) in [6.45, 7) is 0.312. The zero-order valence-electron chi connectivity index (χ0n) is 9.03. The minimum Gasteiger partial charge on any atom is -0.330 e. The third-order valence-corrected chi connectivity index (χ3v) is 3.48. The second kappa shape index (κ2) is 5.66. The molecule has 1 unspecified atom stereocenters. The lowest BCUT2D eigenvalue weighted by molar-refractivity contribution is 0.332. The van der Waals surface area contributed by atoms with Crippen LogP contribution in [-0.2, 0) is 6.42 Å². The van der Waals surface area contributed by atoms with Crippen LogP contribution in [0.2, 0.25) is 0 Å². The summed E-state index contributed by atoms with van der Waals surface area (Å²) in [5, 5.41) is 3.22. The van der Waals surface area contributed by atoms with Crippen LogP contribution in [-0.4, -0.2) is 23.0 Å². The predicted octanol–water partition coefficient (Wildman–Crippen LogP) is 2.81. The largest absolute Gasteiger partial charge is 0.330 e. The van der Waals surface area contributed by atoms with E-state index < -0.39 is 6.17 Å². The average molecular weight is 241 g/mol. The van der Waals surface area contributed by atoms with Gasteiger partial charge in [-0.25, -0.2) is 4.39 Å². The van der Waals surface area contributed by atoms with E-state index in [0.717, 1.165) is 12.8 Å². The average Bonchev–Trinajstić information content (AvgIpc) is 2.70.